The van der Waals surface area contributed by atoms with E-state index in [0.717, 1.165) is 19.1 Å². The summed E-state index contributed by atoms with van der Waals surface area (Å²) in [7, 11) is -2.00. The molecule has 2 rings (SSSR count). The van der Waals surface area contributed by atoms with Crippen molar-refractivity contribution < 1.29 is 17.9 Å². The molecule has 6 nitrogen and oxygen atoms in total. The van der Waals surface area contributed by atoms with Gasteiger partial charge in [0.15, 0.2) is 0 Å². The van der Waals surface area contributed by atoms with Crippen LogP contribution in [0.2, 0.25) is 0 Å². The molecule has 0 spiro atoms. The summed E-state index contributed by atoms with van der Waals surface area (Å²) in [4.78, 5) is 12.3. The highest BCUT2D eigenvalue weighted by Gasteiger charge is 2.13. The third-order valence-corrected chi connectivity index (χ3v) is 4.67. The van der Waals surface area contributed by atoms with Gasteiger partial charge in [-0.25, -0.2) is 8.42 Å². The lowest BCUT2D eigenvalue weighted by atomic mass is 9.98. The first-order valence-corrected chi connectivity index (χ1v) is 10.7. The SMILES string of the molecule is COc1ccc(NC(=O)CC(C)CCc2ccccc2)cc1NS(C)(=O)=O. The molecule has 0 aliphatic rings. The van der Waals surface area contributed by atoms with E-state index in [1.54, 1.807) is 18.2 Å². The number of benzene rings is 2. The van der Waals surface area contributed by atoms with Gasteiger partial charge in [0.2, 0.25) is 15.9 Å². The molecule has 1 unspecified atom stereocenters. The van der Waals surface area contributed by atoms with Gasteiger partial charge in [-0.2, -0.15) is 0 Å². The fourth-order valence-corrected chi connectivity index (χ4v) is 3.31. The van der Waals surface area contributed by atoms with E-state index in [9.17, 15) is 13.2 Å². The van der Waals surface area contributed by atoms with Crippen molar-refractivity contribution in [3.63, 3.8) is 0 Å². The first-order chi connectivity index (χ1) is 12.8. The lowest BCUT2D eigenvalue weighted by Crippen LogP contribution is -2.16. The zero-order chi connectivity index (χ0) is 19.9. The van der Waals surface area contributed by atoms with Crippen molar-refractivity contribution in [3.05, 3.63) is 54.1 Å². The van der Waals surface area contributed by atoms with Crippen molar-refractivity contribution in [2.45, 2.75) is 26.2 Å². The molecule has 2 aromatic rings. The molecule has 0 heterocycles. The largest absolute Gasteiger partial charge is 0.495 e. The average molecular weight is 391 g/mol. The number of rotatable bonds is 9. The molecule has 27 heavy (non-hydrogen) atoms. The van der Waals surface area contributed by atoms with Crippen molar-refractivity contribution in [3.8, 4) is 5.75 Å². The molecule has 0 aromatic heterocycles. The summed E-state index contributed by atoms with van der Waals surface area (Å²) < 4.78 is 30.5. The summed E-state index contributed by atoms with van der Waals surface area (Å²) in [6, 6.07) is 15.0. The molecular weight excluding hydrogens is 364 g/mol. The molecule has 0 bridgehead atoms. The third-order valence-electron chi connectivity index (χ3n) is 4.08. The molecule has 7 heteroatoms. The highest BCUT2D eigenvalue weighted by molar-refractivity contribution is 7.92. The third kappa shape index (κ3) is 7.30. The van der Waals surface area contributed by atoms with Crippen LogP contribution in [0.5, 0.6) is 5.75 Å². The number of carbonyl (C=O) groups excluding carboxylic acids is 1. The molecule has 0 radical (unpaired) electrons. The van der Waals surface area contributed by atoms with Crippen LogP contribution in [0.15, 0.2) is 48.5 Å². The number of methoxy groups -OCH3 is 1. The summed E-state index contributed by atoms with van der Waals surface area (Å²) in [5.74, 6) is 0.512. The van der Waals surface area contributed by atoms with Crippen molar-refractivity contribution in [1.82, 2.24) is 0 Å². The molecule has 1 amide bonds. The fourth-order valence-electron chi connectivity index (χ4n) is 2.75. The minimum absolute atomic E-state index is 0.106. The molecule has 0 fully saturated rings. The number of nitrogens with one attached hydrogen (secondary N) is 2. The minimum atomic E-state index is -3.45. The minimum Gasteiger partial charge on any atom is -0.495 e. The van der Waals surface area contributed by atoms with E-state index in [0.29, 0.717) is 17.9 Å². The van der Waals surface area contributed by atoms with E-state index in [1.165, 1.54) is 12.7 Å². The van der Waals surface area contributed by atoms with Gasteiger partial charge in [0, 0.05) is 12.1 Å². The first kappa shape index (κ1) is 20.8. The zero-order valence-corrected chi connectivity index (χ0v) is 16.7. The first-order valence-electron chi connectivity index (χ1n) is 8.76. The van der Waals surface area contributed by atoms with E-state index in [2.05, 4.69) is 22.2 Å². The molecule has 2 N–H and O–H groups in total. The van der Waals surface area contributed by atoms with Crippen molar-refractivity contribution in [2.24, 2.45) is 5.92 Å². The number of sulfonamides is 1. The predicted molar refractivity (Wildman–Crippen MR) is 109 cm³/mol. The molecule has 0 aliphatic carbocycles. The van der Waals surface area contributed by atoms with E-state index >= 15 is 0 Å². The number of amides is 1. The van der Waals surface area contributed by atoms with E-state index in [1.807, 2.05) is 25.1 Å². The van der Waals surface area contributed by atoms with Gasteiger partial charge in [0.05, 0.1) is 19.1 Å². The molecule has 0 aliphatic heterocycles. The monoisotopic (exact) mass is 390 g/mol. The summed E-state index contributed by atoms with van der Waals surface area (Å²) in [5.41, 5.74) is 2.06. The summed E-state index contributed by atoms with van der Waals surface area (Å²) in [6.07, 6.45) is 3.31. The number of anilines is 2. The van der Waals surface area contributed by atoms with E-state index < -0.39 is 10.0 Å². The number of hydrogen-bond acceptors (Lipinski definition) is 4. The van der Waals surface area contributed by atoms with Gasteiger partial charge in [-0.15, -0.1) is 0 Å². The standard InChI is InChI=1S/C20H26N2O4S/c1-15(9-10-16-7-5-4-6-8-16)13-20(23)21-17-11-12-19(26-2)18(14-17)22-27(3,24)25/h4-8,11-12,14-15,22H,9-10,13H2,1-3H3,(H,21,23). The Kier molecular flexibility index (Phi) is 7.24. The van der Waals surface area contributed by atoms with Crippen LogP contribution in [0.1, 0.15) is 25.3 Å². The van der Waals surface area contributed by atoms with Gasteiger partial charge in [-0.1, -0.05) is 37.3 Å². The molecule has 146 valence electrons. The second-order valence-electron chi connectivity index (χ2n) is 6.67. The van der Waals surface area contributed by atoms with Gasteiger partial charge in [-0.3, -0.25) is 9.52 Å². The van der Waals surface area contributed by atoms with Crippen LogP contribution in [-0.4, -0.2) is 27.7 Å². The van der Waals surface area contributed by atoms with Gasteiger partial charge in [-0.05, 0) is 42.5 Å². The Morgan fingerprint density at radius 2 is 1.85 bits per heavy atom. The Bertz CT molecular complexity index is 867. The van der Waals surface area contributed by atoms with Crippen LogP contribution in [-0.2, 0) is 21.2 Å². The number of aryl methyl sites for hydroxylation is 1. The molecular formula is C20H26N2O4S. The Morgan fingerprint density at radius 1 is 1.15 bits per heavy atom. The Labute approximate surface area is 161 Å². The summed E-state index contributed by atoms with van der Waals surface area (Å²) in [6.45, 7) is 2.05. The molecule has 0 saturated carbocycles. The number of hydrogen-bond donors (Lipinski definition) is 2. The van der Waals surface area contributed by atoms with Crippen LogP contribution in [0.25, 0.3) is 0 Å². The van der Waals surface area contributed by atoms with Crippen LogP contribution in [0.4, 0.5) is 11.4 Å². The number of ether oxygens (including phenoxy) is 1. The maximum absolute atomic E-state index is 12.3. The van der Waals surface area contributed by atoms with E-state index in [-0.39, 0.29) is 17.5 Å². The van der Waals surface area contributed by atoms with Crippen molar-refractivity contribution in [2.75, 3.05) is 23.4 Å². The van der Waals surface area contributed by atoms with Gasteiger partial charge >= 0.3 is 0 Å². The van der Waals surface area contributed by atoms with Crippen molar-refractivity contribution >= 4 is 27.3 Å². The maximum Gasteiger partial charge on any atom is 0.229 e. The Balaban J connectivity index is 1.93. The summed E-state index contributed by atoms with van der Waals surface area (Å²) >= 11 is 0. The van der Waals surface area contributed by atoms with Crippen LogP contribution in [0, 0.1) is 5.92 Å². The Morgan fingerprint density at radius 3 is 2.48 bits per heavy atom. The van der Waals surface area contributed by atoms with Crippen LogP contribution < -0.4 is 14.8 Å². The topological polar surface area (TPSA) is 84.5 Å². The quantitative estimate of drug-likeness (QED) is 0.684. The lowest BCUT2D eigenvalue weighted by Gasteiger charge is -2.14. The molecule has 0 saturated heterocycles. The van der Waals surface area contributed by atoms with E-state index in [4.69, 9.17) is 4.74 Å². The fraction of sp³-hybridized carbons (Fsp3) is 0.350. The normalized spacial score (nSPS) is 12.3. The van der Waals surface area contributed by atoms with Gasteiger partial charge < -0.3 is 10.1 Å². The van der Waals surface area contributed by atoms with Crippen LogP contribution in [0.3, 0.4) is 0 Å². The van der Waals surface area contributed by atoms with Crippen molar-refractivity contribution in [1.29, 1.82) is 0 Å². The zero-order valence-electron chi connectivity index (χ0n) is 15.9. The van der Waals surface area contributed by atoms with Gasteiger partial charge in [0.25, 0.3) is 0 Å². The Hall–Kier alpha value is -2.54. The smallest absolute Gasteiger partial charge is 0.229 e. The molecule has 1 atom stereocenters. The van der Waals surface area contributed by atoms with Crippen LogP contribution >= 0.6 is 0 Å². The predicted octanol–water partition coefficient (Wildman–Crippen LogP) is 3.66. The molecule has 2 aromatic carbocycles. The summed E-state index contributed by atoms with van der Waals surface area (Å²) in [5, 5.41) is 2.82. The number of carbonyl (C=O) groups is 1. The van der Waals surface area contributed by atoms with Gasteiger partial charge in [0.1, 0.15) is 5.75 Å². The average Bonchev–Trinajstić information content (AvgIpc) is 2.59. The second-order valence-corrected chi connectivity index (χ2v) is 8.42. The second kappa shape index (κ2) is 9.41. The highest BCUT2D eigenvalue weighted by Crippen LogP contribution is 2.28. The maximum atomic E-state index is 12.3. The lowest BCUT2D eigenvalue weighted by molar-refractivity contribution is -0.117. The highest BCUT2D eigenvalue weighted by atomic mass is 32.2.